The molecule has 0 saturated carbocycles. The first kappa shape index (κ1) is 17.7. The van der Waals surface area contributed by atoms with E-state index in [1.807, 2.05) is 0 Å². The molecule has 0 saturated heterocycles. The van der Waals surface area contributed by atoms with Gasteiger partial charge in [-0.3, -0.25) is 0 Å². The second-order valence-electron chi connectivity index (χ2n) is 7.90. The van der Waals surface area contributed by atoms with E-state index in [1.54, 1.807) is 5.30 Å². The van der Waals surface area contributed by atoms with Gasteiger partial charge in [0.25, 0.3) is 0 Å². The Kier molecular flexibility index (Phi) is 5.81. The van der Waals surface area contributed by atoms with E-state index in [4.69, 9.17) is 0 Å². The lowest BCUT2D eigenvalue weighted by Crippen LogP contribution is -2.31. The highest BCUT2D eigenvalue weighted by atomic mass is 31.1. The molecule has 1 aromatic rings. The molecule has 0 amide bonds. The topological polar surface area (TPSA) is 3.24 Å². The van der Waals surface area contributed by atoms with Crippen LogP contribution in [0.2, 0.25) is 0 Å². The predicted octanol–water partition coefficient (Wildman–Crippen LogP) is 4.49. The van der Waals surface area contributed by atoms with E-state index in [0.29, 0.717) is 10.3 Å². The van der Waals surface area contributed by atoms with Crippen LogP contribution in [0.4, 0.5) is 0 Å². The first-order valence-corrected chi connectivity index (χ1v) is 8.90. The van der Waals surface area contributed by atoms with E-state index in [1.165, 1.54) is 5.56 Å². The van der Waals surface area contributed by atoms with Crippen LogP contribution in [0.1, 0.15) is 47.1 Å². The van der Waals surface area contributed by atoms with Gasteiger partial charge >= 0.3 is 0 Å². The van der Waals surface area contributed by atoms with Crippen molar-refractivity contribution in [2.75, 3.05) is 20.6 Å². The van der Waals surface area contributed by atoms with Crippen LogP contribution in [0.25, 0.3) is 0 Å². The van der Waals surface area contributed by atoms with Gasteiger partial charge in [0, 0.05) is 6.54 Å². The third-order valence-electron chi connectivity index (χ3n) is 3.36. The van der Waals surface area contributed by atoms with Crippen LogP contribution >= 0.6 is 7.92 Å². The Morgan fingerprint density at radius 3 is 1.95 bits per heavy atom. The standard InChI is InChI=1S/C18H32NP/c1-17(2,3)20(18(4,5)6)16-11-9-10-15(14-16)12-13-19(7)8/h9-11,14H,12-13H2,1-8H3. The number of likely N-dealkylation sites (N-methyl/N-ethyl adjacent to an activating group) is 1. The van der Waals surface area contributed by atoms with Crippen LogP contribution in [0.15, 0.2) is 24.3 Å². The molecule has 114 valence electrons. The summed E-state index contributed by atoms with van der Waals surface area (Å²) in [7, 11) is 4.09. The largest absolute Gasteiger partial charge is 0.309 e. The minimum atomic E-state index is -0.194. The number of hydrogen-bond donors (Lipinski definition) is 0. The van der Waals surface area contributed by atoms with Crippen molar-refractivity contribution in [3.8, 4) is 0 Å². The molecule has 0 aliphatic carbocycles. The van der Waals surface area contributed by atoms with Gasteiger partial charge in [0.15, 0.2) is 0 Å². The summed E-state index contributed by atoms with van der Waals surface area (Å²) in [5.41, 5.74) is 1.47. The third kappa shape index (κ3) is 5.19. The second-order valence-corrected chi connectivity index (χ2v) is 11.8. The molecular formula is C18H32NP. The SMILES string of the molecule is CN(C)CCc1cccc(P(C(C)(C)C)C(C)(C)C)c1. The summed E-state index contributed by atoms with van der Waals surface area (Å²) in [6, 6.07) is 9.30. The quantitative estimate of drug-likeness (QED) is 0.739. The zero-order valence-electron chi connectivity index (χ0n) is 14.6. The van der Waals surface area contributed by atoms with E-state index in [9.17, 15) is 0 Å². The normalized spacial score (nSPS) is 13.3. The minimum absolute atomic E-state index is 0.194. The van der Waals surface area contributed by atoms with E-state index in [-0.39, 0.29) is 7.92 Å². The average Bonchev–Trinajstić information content (AvgIpc) is 2.22. The maximum atomic E-state index is 2.45. The van der Waals surface area contributed by atoms with E-state index >= 15 is 0 Å². The Morgan fingerprint density at radius 2 is 1.50 bits per heavy atom. The Bertz CT molecular complexity index is 410. The van der Waals surface area contributed by atoms with Crippen LogP contribution in [0.3, 0.4) is 0 Å². The zero-order chi connectivity index (χ0) is 15.6. The van der Waals surface area contributed by atoms with Gasteiger partial charge in [-0.2, -0.15) is 0 Å². The Balaban J connectivity index is 3.07. The number of benzene rings is 1. The third-order valence-corrected chi connectivity index (χ3v) is 6.84. The maximum absolute atomic E-state index is 2.45. The monoisotopic (exact) mass is 293 g/mol. The molecule has 1 rings (SSSR count). The Hall–Kier alpha value is -0.390. The second kappa shape index (κ2) is 6.58. The summed E-state index contributed by atoms with van der Waals surface area (Å²) in [6.07, 6.45) is 1.14. The van der Waals surface area contributed by atoms with E-state index in [2.05, 4.69) is 84.8 Å². The maximum Gasteiger partial charge on any atom is 0.00157 e. The van der Waals surface area contributed by atoms with Crippen molar-refractivity contribution in [2.24, 2.45) is 0 Å². The smallest absolute Gasteiger partial charge is 0.00157 e. The molecule has 0 aliphatic heterocycles. The molecule has 0 aliphatic rings. The van der Waals surface area contributed by atoms with Gasteiger partial charge in [-0.15, -0.1) is 0 Å². The molecule has 0 heterocycles. The van der Waals surface area contributed by atoms with Crippen molar-refractivity contribution in [3.05, 3.63) is 29.8 Å². The average molecular weight is 293 g/mol. The van der Waals surface area contributed by atoms with Gasteiger partial charge < -0.3 is 4.90 Å². The van der Waals surface area contributed by atoms with Gasteiger partial charge in [0.2, 0.25) is 0 Å². The van der Waals surface area contributed by atoms with Crippen LogP contribution in [-0.4, -0.2) is 35.9 Å². The molecular weight excluding hydrogens is 261 g/mol. The Morgan fingerprint density at radius 1 is 0.950 bits per heavy atom. The minimum Gasteiger partial charge on any atom is -0.309 e. The van der Waals surface area contributed by atoms with Crippen LogP contribution in [0, 0.1) is 0 Å². The van der Waals surface area contributed by atoms with Crippen LogP contribution in [0.5, 0.6) is 0 Å². The fraction of sp³-hybridized carbons (Fsp3) is 0.667. The molecule has 1 nitrogen and oxygen atoms in total. The van der Waals surface area contributed by atoms with Crippen molar-refractivity contribution in [1.29, 1.82) is 0 Å². The van der Waals surface area contributed by atoms with Gasteiger partial charge in [-0.25, -0.2) is 0 Å². The van der Waals surface area contributed by atoms with Gasteiger partial charge in [-0.1, -0.05) is 73.7 Å². The highest BCUT2D eigenvalue weighted by Gasteiger charge is 2.35. The highest BCUT2D eigenvalue weighted by Crippen LogP contribution is 2.58. The van der Waals surface area contributed by atoms with Gasteiger partial charge in [-0.05, 0) is 41.7 Å². The first-order valence-electron chi connectivity index (χ1n) is 7.56. The first-order chi connectivity index (χ1) is 9.01. The Labute approximate surface area is 127 Å². The number of hydrogen-bond acceptors (Lipinski definition) is 1. The van der Waals surface area contributed by atoms with Gasteiger partial charge in [0.1, 0.15) is 0 Å². The van der Waals surface area contributed by atoms with Crippen LogP contribution < -0.4 is 5.30 Å². The molecule has 0 unspecified atom stereocenters. The molecule has 0 N–H and O–H groups in total. The summed E-state index contributed by atoms with van der Waals surface area (Å²) in [6.45, 7) is 15.4. The van der Waals surface area contributed by atoms with Crippen molar-refractivity contribution < 1.29 is 0 Å². The molecule has 2 heteroatoms. The number of nitrogens with zero attached hydrogens (tertiary/aromatic N) is 1. The van der Waals surface area contributed by atoms with Crippen molar-refractivity contribution >= 4 is 13.2 Å². The summed E-state index contributed by atoms with van der Waals surface area (Å²) >= 11 is 0. The summed E-state index contributed by atoms with van der Waals surface area (Å²) in [4.78, 5) is 2.25. The van der Waals surface area contributed by atoms with E-state index < -0.39 is 0 Å². The van der Waals surface area contributed by atoms with Crippen molar-refractivity contribution in [2.45, 2.75) is 58.3 Å². The predicted molar refractivity (Wildman–Crippen MR) is 94.8 cm³/mol. The van der Waals surface area contributed by atoms with E-state index in [0.717, 1.165) is 13.0 Å². The highest BCUT2D eigenvalue weighted by molar-refractivity contribution is 7.68. The molecule has 0 fully saturated rings. The summed E-state index contributed by atoms with van der Waals surface area (Å²) in [5.74, 6) is 0. The number of rotatable bonds is 4. The lowest BCUT2D eigenvalue weighted by atomic mass is 10.1. The molecule has 20 heavy (non-hydrogen) atoms. The van der Waals surface area contributed by atoms with Crippen LogP contribution in [-0.2, 0) is 6.42 Å². The molecule has 0 spiro atoms. The fourth-order valence-corrected chi connectivity index (χ4v) is 7.08. The summed E-state index contributed by atoms with van der Waals surface area (Å²) < 4.78 is 0. The lowest BCUT2D eigenvalue weighted by Gasteiger charge is -2.42. The molecule has 1 aromatic carbocycles. The molecule has 0 bridgehead atoms. The lowest BCUT2D eigenvalue weighted by molar-refractivity contribution is 0.413. The van der Waals surface area contributed by atoms with Gasteiger partial charge in [0.05, 0.1) is 0 Å². The fourth-order valence-electron chi connectivity index (χ4n) is 2.98. The zero-order valence-corrected chi connectivity index (χ0v) is 15.5. The summed E-state index contributed by atoms with van der Waals surface area (Å²) in [5, 5.41) is 2.23. The molecule has 0 radical (unpaired) electrons. The van der Waals surface area contributed by atoms with Crippen molar-refractivity contribution in [3.63, 3.8) is 0 Å². The molecule has 0 aromatic heterocycles. The molecule has 0 atom stereocenters. The van der Waals surface area contributed by atoms with Crippen molar-refractivity contribution in [1.82, 2.24) is 4.90 Å².